The van der Waals surface area contributed by atoms with E-state index in [1.807, 2.05) is 30.3 Å². The molecule has 0 radical (unpaired) electrons. The monoisotopic (exact) mass is 471 g/mol. The van der Waals surface area contributed by atoms with Crippen LogP contribution in [0, 0.1) is 11.8 Å². The summed E-state index contributed by atoms with van der Waals surface area (Å²) < 4.78 is 10.8. The zero-order chi connectivity index (χ0) is 24.3. The normalized spacial score (nSPS) is 24.4. The Kier molecular flexibility index (Phi) is 10.4. The number of carbonyl (C=O) groups excluding carboxylic acids is 3. The highest BCUT2D eigenvalue weighted by atomic mass is 16.6. The molecule has 0 saturated carbocycles. The lowest BCUT2D eigenvalue weighted by molar-refractivity contribution is -0.144. The highest BCUT2D eigenvalue weighted by molar-refractivity contribution is 5.98. The molecule has 0 bridgehead atoms. The third-order valence-electron chi connectivity index (χ3n) is 7.25. The van der Waals surface area contributed by atoms with Crippen molar-refractivity contribution in [3.63, 3.8) is 0 Å². The van der Waals surface area contributed by atoms with Gasteiger partial charge >= 0.3 is 12.1 Å². The van der Waals surface area contributed by atoms with Crippen molar-refractivity contribution in [1.82, 2.24) is 4.90 Å². The summed E-state index contributed by atoms with van der Waals surface area (Å²) in [6.45, 7) is 4.10. The third-order valence-corrected chi connectivity index (χ3v) is 7.25. The molecule has 188 valence electrons. The number of hydrogen-bond donors (Lipinski definition) is 0. The van der Waals surface area contributed by atoms with Crippen LogP contribution >= 0.6 is 0 Å². The lowest BCUT2D eigenvalue weighted by Gasteiger charge is -2.26. The van der Waals surface area contributed by atoms with Gasteiger partial charge in [0.15, 0.2) is 0 Å². The first-order chi connectivity index (χ1) is 16.5. The molecule has 0 spiro atoms. The standard InChI is InChI=1S/C28H41NO5/c1-3-4-5-6-7-8-9-10-11-12-16-19-24-25(21(2)27(31)34-24)26(30)29-23(20-33-28(29)32)22-17-14-13-15-18-22/h13-15,17-18,21,23-25H,3-12,16,19-20H2,1-2H3/t21-,23-,24-,25+/m0/s1. The van der Waals surface area contributed by atoms with E-state index in [-0.39, 0.29) is 18.5 Å². The van der Waals surface area contributed by atoms with Crippen LogP contribution in [-0.4, -0.2) is 35.6 Å². The Labute approximate surface area is 204 Å². The number of benzene rings is 1. The Morgan fingerprint density at radius 2 is 1.50 bits per heavy atom. The molecule has 2 aliphatic rings. The van der Waals surface area contributed by atoms with Crippen molar-refractivity contribution in [1.29, 1.82) is 0 Å². The molecule has 2 fully saturated rings. The summed E-state index contributed by atoms with van der Waals surface area (Å²) in [5, 5.41) is 0. The number of ether oxygens (including phenoxy) is 2. The van der Waals surface area contributed by atoms with E-state index in [1.54, 1.807) is 6.92 Å². The first-order valence-electron chi connectivity index (χ1n) is 13.3. The molecule has 0 N–H and O–H groups in total. The topological polar surface area (TPSA) is 72.9 Å². The van der Waals surface area contributed by atoms with Crippen LogP contribution in [0.15, 0.2) is 30.3 Å². The maximum Gasteiger partial charge on any atom is 0.417 e. The molecule has 6 nitrogen and oxygen atoms in total. The number of unbranched alkanes of at least 4 members (excludes halogenated alkanes) is 10. The predicted octanol–water partition coefficient (Wildman–Crippen LogP) is 6.59. The summed E-state index contributed by atoms with van der Waals surface area (Å²) in [6.07, 6.45) is 13.2. The van der Waals surface area contributed by atoms with Crippen molar-refractivity contribution in [2.24, 2.45) is 11.8 Å². The third kappa shape index (κ3) is 6.83. The van der Waals surface area contributed by atoms with Gasteiger partial charge in [-0.3, -0.25) is 9.59 Å². The van der Waals surface area contributed by atoms with Gasteiger partial charge < -0.3 is 9.47 Å². The van der Waals surface area contributed by atoms with E-state index in [2.05, 4.69) is 6.92 Å². The summed E-state index contributed by atoms with van der Waals surface area (Å²) in [5.74, 6) is -1.92. The Morgan fingerprint density at radius 3 is 2.12 bits per heavy atom. The minimum absolute atomic E-state index is 0.133. The molecule has 3 rings (SSSR count). The van der Waals surface area contributed by atoms with E-state index in [1.165, 1.54) is 62.7 Å². The molecule has 2 amide bonds. The molecule has 2 aliphatic heterocycles. The van der Waals surface area contributed by atoms with Gasteiger partial charge in [0.1, 0.15) is 18.8 Å². The number of hydrogen-bond acceptors (Lipinski definition) is 5. The second-order valence-corrected chi connectivity index (χ2v) is 9.83. The Bertz CT molecular complexity index is 795. The number of cyclic esters (lactones) is 2. The van der Waals surface area contributed by atoms with Gasteiger partial charge in [0.25, 0.3) is 0 Å². The maximum atomic E-state index is 13.5. The van der Waals surface area contributed by atoms with Crippen molar-refractivity contribution in [3.8, 4) is 0 Å². The van der Waals surface area contributed by atoms with E-state index in [9.17, 15) is 14.4 Å². The van der Waals surface area contributed by atoms with Gasteiger partial charge in [-0.25, -0.2) is 9.69 Å². The van der Waals surface area contributed by atoms with Crippen molar-refractivity contribution in [3.05, 3.63) is 35.9 Å². The van der Waals surface area contributed by atoms with E-state index in [0.29, 0.717) is 6.42 Å². The van der Waals surface area contributed by atoms with Crippen LogP contribution in [0.5, 0.6) is 0 Å². The van der Waals surface area contributed by atoms with Crippen LogP contribution in [0.2, 0.25) is 0 Å². The zero-order valence-corrected chi connectivity index (χ0v) is 20.9. The SMILES string of the molecule is CCCCCCCCCCCCC[C@@H]1OC(=O)[C@@H](C)[C@H]1C(=O)N1C(=O)OC[C@H]1c1ccccc1. The molecule has 34 heavy (non-hydrogen) atoms. The van der Waals surface area contributed by atoms with Crippen molar-refractivity contribution in [2.75, 3.05) is 6.61 Å². The summed E-state index contributed by atoms with van der Waals surface area (Å²) in [4.78, 5) is 39.5. The average molecular weight is 472 g/mol. The Balaban J connectivity index is 1.47. The first kappa shape index (κ1) is 26.2. The molecule has 2 saturated heterocycles. The van der Waals surface area contributed by atoms with Crippen LogP contribution in [0.25, 0.3) is 0 Å². The van der Waals surface area contributed by atoms with Gasteiger partial charge in [0, 0.05) is 0 Å². The van der Waals surface area contributed by atoms with Gasteiger partial charge in [0.05, 0.1) is 11.8 Å². The summed E-state index contributed by atoms with van der Waals surface area (Å²) in [5.41, 5.74) is 0.849. The van der Waals surface area contributed by atoms with E-state index < -0.39 is 30.1 Å². The number of amides is 2. The zero-order valence-electron chi connectivity index (χ0n) is 20.9. The van der Waals surface area contributed by atoms with Crippen molar-refractivity contribution < 1.29 is 23.9 Å². The van der Waals surface area contributed by atoms with E-state index in [0.717, 1.165) is 18.4 Å². The second kappa shape index (κ2) is 13.5. The van der Waals surface area contributed by atoms with Crippen LogP contribution < -0.4 is 0 Å². The van der Waals surface area contributed by atoms with Gasteiger partial charge in [0.2, 0.25) is 5.91 Å². The summed E-state index contributed by atoms with van der Waals surface area (Å²) >= 11 is 0. The first-order valence-corrected chi connectivity index (χ1v) is 13.3. The van der Waals surface area contributed by atoms with Gasteiger partial charge in [-0.1, -0.05) is 108 Å². The number of esters is 1. The minimum Gasteiger partial charge on any atom is -0.461 e. The quantitative estimate of drug-likeness (QED) is 0.226. The maximum absolute atomic E-state index is 13.5. The fraction of sp³-hybridized carbons (Fsp3) is 0.679. The highest BCUT2D eigenvalue weighted by Gasteiger charge is 2.51. The smallest absolute Gasteiger partial charge is 0.417 e. The fourth-order valence-corrected chi connectivity index (χ4v) is 5.17. The van der Waals surface area contributed by atoms with Crippen LogP contribution in [0.4, 0.5) is 4.79 Å². The Hall–Kier alpha value is -2.37. The highest BCUT2D eigenvalue weighted by Crippen LogP contribution is 2.37. The van der Waals surface area contributed by atoms with Crippen LogP contribution in [-0.2, 0) is 19.1 Å². The number of carbonyl (C=O) groups is 3. The van der Waals surface area contributed by atoms with Gasteiger partial charge in [-0.2, -0.15) is 0 Å². The number of imide groups is 1. The molecule has 1 aromatic carbocycles. The summed E-state index contributed by atoms with van der Waals surface area (Å²) in [7, 11) is 0. The average Bonchev–Trinajstić information content (AvgIpc) is 3.36. The molecule has 1 aromatic rings. The molecule has 0 unspecified atom stereocenters. The lowest BCUT2D eigenvalue weighted by atomic mass is 9.87. The number of nitrogens with zero attached hydrogens (tertiary/aromatic N) is 1. The number of rotatable bonds is 14. The molecular weight excluding hydrogens is 430 g/mol. The molecule has 2 heterocycles. The summed E-state index contributed by atoms with van der Waals surface area (Å²) in [6, 6.07) is 8.95. The minimum atomic E-state index is -0.646. The molecule has 6 heteroatoms. The molecule has 4 atom stereocenters. The fourth-order valence-electron chi connectivity index (χ4n) is 5.17. The second-order valence-electron chi connectivity index (χ2n) is 9.83. The van der Waals surface area contributed by atoms with Crippen LogP contribution in [0.1, 0.15) is 103 Å². The van der Waals surface area contributed by atoms with Gasteiger partial charge in [-0.05, 0) is 18.4 Å². The van der Waals surface area contributed by atoms with E-state index >= 15 is 0 Å². The van der Waals surface area contributed by atoms with E-state index in [4.69, 9.17) is 9.47 Å². The molecular formula is C28H41NO5. The van der Waals surface area contributed by atoms with Crippen LogP contribution in [0.3, 0.4) is 0 Å². The van der Waals surface area contributed by atoms with Crippen molar-refractivity contribution in [2.45, 2.75) is 103 Å². The largest absolute Gasteiger partial charge is 0.461 e. The van der Waals surface area contributed by atoms with Gasteiger partial charge in [-0.15, -0.1) is 0 Å². The molecule has 0 aromatic heterocycles. The lowest BCUT2D eigenvalue weighted by Crippen LogP contribution is -2.43. The molecule has 0 aliphatic carbocycles. The van der Waals surface area contributed by atoms with Crippen molar-refractivity contribution >= 4 is 18.0 Å². The Morgan fingerprint density at radius 1 is 0.912 bits per heavy atom. The predicted molar refractivity (Wildman–Crippen MR) is 131 cm³/mol.